The average molecular weight is 328 g/mol. The first-order valence-corrected chi connectivity index (χ1v) is 9.80. The Labute approximate surface area is 139 Å². The number of aliphatic hydroxyl groups is 1. The third-order valence-corrected chi connectivity index (χ3v) is 6.69. The third kappa shape index (κ3) is 4.79. The van der Waals surface area contributed by atoms with Gasteiger partial charge in [0.2, 0.25) is 0 Å². The summed E-state index contributed by atoms with van der Waals surface area (Å²) in [6, 6.07) is 0. The number of aliphatic imine (C=N–C) groups is 1. The van der Waals surface area contributed by atoms with E-state index >= 15 is 0 Å². The van der Waals surface area contributed by atoms with Gasteiger partial charge in [0.1, 0.15) is 0 Å². The zero-order valence-electron chi connectivity index (χ0n) is 14.5. The predicted octanol–water partition coefficient (Wildman–Crippen LogP) is 2.77. The first-order valence-electron chi connectivity index (χ1n) is 8.82. The van der Waals surface area contributed by atoms with Gasteiger partial charge in [0.05, 0.1) is 12.6 Å². The number of hydrogen-bond acceptors (Lipinski definition) is 3. The fourth-order valence-corrected chi connectivity index (χ4v) is 4.66. The lowest BCUT2D eigenvalue weighted by Gasteiger charge is -2.37. The fraction of sp³-hybridized carbons (Fsp3) is 0.941. The molecule has 0 aromatic carbocycles. The van der Waals surface area contributed by atoms with E-state index in [9.17, 15) is 5.11 Å². The quantitative estimate of drug-likeness (QED) is 0.537. The topological polar surface area (TPSA) is 56.7 Å². The van der Waals surface area contributed by atoms with Crippen LogP contribution in [0.4, 0.5) is 0 Å². The van der Waals surface area contributed by atoms with Gasteiger partial charge in [-0.3, -0.25) is 4.99 Å². The van der Waals surface area contributed by atoms with Crippen molar-refractivity contribution in [1.29, 1.82) is 0 Å². The highest BCUT2D eigenvalue weighted by Crippen LogP contribution is 2.37. The number of rotatable bonds is 5. The van der Waals surface area contributed by atoms with Gasteiger partial charge in [0.25, 0.3) is 0 Å². The molecule has 1 heterocycles. The summed E-state index contributed by atoms with van der Waals surface area (Å²) in [5.41, 5.74) is -0.0629. The molecule has 2 rings (SSSR count). The van der Waals surface area contributed by atoms with E-state index < -0.39 is 0 Å². The molecule has 5 heteroatoms. The van der Waals surface area contributed by atoms with E-state index in [1.807, 2.05) is 0 Å². The number of hydrogen-bond donors (Lipinski definition) is 3. The Bertz CT molecular complexity index is 382. The average Bonchev–Trinajstić information content (AvgIpc) is 2.93. The number of aliphatic hydroxyl groups excluding tert-OH is 1. The molecule has 1 saturated carbocycles. The van der Waals surface area contributed by atoms with E-state index in [0.29, 0.717) is 11.3 Å². The van der Waals surface area contributed by atoms with E-state index in [1.165, 1.54) is 25.0 Å². The van der Waals surface area contributed by atoms with Crippen LogP contribution in [0.5, 0.6) is 0 Å². The molecule has 1 aliphatic carbocycles. The molecule has 4 nitrogen and oxygen atoms in total. The van der Waals surface area contributed by atoms with Crippen LogP contribution in [0, 0.1) is 5.41 Å². The molecule has 2 aliphatic rings. The first kappa shape index (κ1) is 17.9. The Balaban J connectivity index is 1.91. The minimum Gasteiger partial charge on any atom is -0.392 e. The van der Waals surface area contributed by atoms with Crippen LogP contribution in [0.15, 0.2) is 4.99 Å². The van der Waals surface area contributed by atoms with Gasteiger partial charge in [0, 0.05) is 23.3 Å². The molecule has 1 saturated heterocycles. The fourth-order valence-electron chi connectivity index (χ4n) is 3.41. The van der Waals surface area contributed by atoms with Gasteiger partial charge in [-0.2, -0.15) is 11.8 Å². The maximum Gasteiger partial charge on any atom is 0.191 e. The minimum absolute atomic E-state index is 0.0629. The van der Waals surface area contributed by atoms with Gasteiger partial charge in [-0.25, -0.2) is 0 Å². The lowest BCUT2D eigenvalue weighted by atomic mass is 9.73. The molecule has 0 aromatic heterocycles. The maximum atomic E-state index is 10.3. The minimum atomic E-state index is -0.212. The van der Waals surface area contributed by atoms with Crippen molar-refractivity contribution in [3.05, 3.63) is 0 Å². The van der Waals surface area contributed by atoms with Crippen LogP contribution < -0.4 is 10.6 Å². The van der Waals surface area contributed by atoms with Crippen molar-refractivity contribution >= 4 is 17.7 Å². The molecule has 0 bridgehead atoms. The van der Waals surface area contributed by atoms with Crippen molar-refractivity contribution in [3.8, 4) is 0 Å². The second kappa shape index (κ2) is 7.91. The highest BCUT2D eigenvalue weighted by molar-refractivity contribution is 8.00. The van der Waals surface area contributed by atoms with Crippen molar-refractivity contribution in [1.82, 2.24) is 10.6 Å². The van der Waals surface area contributed by atoms with Gasteiger partial charge in [-0.15, -0.1) is 0 Å². The molecule has 128 valence electrons. The summed E-state index contributed by atoms with van der Waals surface area (Å²) in [5, 5.41) is 17.2. The second-order valence-electron chi connectivity index (χ2n) is 7.37. The Morgan fingerprint density at radius 2 is 2.05 bits per heavy atom. The summed E-state index contributed by atoms with van der Waals surface area (Å²) >= 11 is 2.07. The molecule has 22 heavy (non-hydrogen) atoms. The van der Waals surface area contributed by atoms with Gasteiger partial charge in [-0.05, 0) is 45.3 Å². The van der Waals surface area contributed by atoms with E-state index in [2.05, 4.69) is 43.2 Å². The molecule has 3 atom stereocenters. The second-order valence-corrected chi connectivity index (χ2v) is 9.05. The van der Waals surface area contributed by atoms with Crippen molar-refractivity contribution in [2.45, 2.75) is 70.1 Å². The number of nitrogens with zero attached hydrogens (tertiary/aromatic N) is 1. The van der Waals surface area contributed by atoms with Gasteiger partial charge < -0.3 is 15.7 Å². The van der Waals surface area contributed by atoms with Crippen LogP contribution in [-0.4, -0.2) is 47.3 Å². The number of guanidine groups is 1. The third-order valence-electron chi connectivity index (χ3n) is 5.15. The molecule has 0 amide bonds. The molecule has 0 aromatic rings. The van der Waals surface area contributed by atoms with Crippen LogP contribution in [0.3, 0.4) is 0 Å². The largest absolute Gasteiger partial charge is 0.392 e. The monoisotopic (exact) mass is 327 g/mol. The standard InChI is InChI=1S/C17H33N3OS/c1-4-18-15(20-13-17(3)10-7-11-22-17)19-12-16(2)9-6-5-8-14(16)21/h14,21H,4-13H2,1-3H3,(H2,18,19,20). The van der Waals surface area contributed by atoms with E-state index in [-0.39, 0.29) is 11.5 Å². The van der Waals surface area contributed by atoms with Gasteiger partial charge in [0.15, 0.2) is 5.96 Å². The molecular weight excluding hydrogens is 294 g/mol. The molecular formula is C17H33N3OS. The van der Waals surface area contributed by atoms with Crippen molar-refractivity contribution in [2.75, 3.05) is 25.4 Å². The van der Waals surface area contributed by atoms with E-state index in [4.69, 9.17) is 4.99 Å². The summed E-state index contributed by atoms with van der Waals surface area (Å²) in [7, 11) is 0. The van der Waals surface area contributed by atoms with Crippen LogP contribution in [0.2, 0.25) is 0 Å². The molecule has 0 radical (unpaired) electrons. The predicted molar refractivity (Wildman–Crippen MR) is 96.7 cm³/mol. The summed E-state index contributed by atoms with van der Waals surface area (Å²) in [4.78, 5) is 4.78. The lowest BCUT2D eigenvalue weighted by molar-refractivity contribution is 0.00716. The summed E-state index contributed by atoms with van der Waals surface area (Å²) in [5.74, 6) is 2.17. The Hall–Kier alpha value is -0.420. The highest BCUT2D eigenvalue weighted by Gasteiger charge is 2.35. The van der Waals surface area contributed by atoms with Gasteiger partial charge >= 0.3 is 0 Å². The zero-order valence-corrected chi connectivity index (χ0v) is 15.3. The molecule has 3 unspecified atom stereocenters. The lowest BCUT2D eigenvalue weighted by Crippen LogP contribution is -2.45. The Morgan fingerprint density at radius 1 is 1.23 bits per heavy atom. The normalized spacial score (nSPS) is 36.4. The van der Waals surface area contributed by atoms with E-state index in [0.717, 1.165) is 38.3 Å². The zero-order chi connectivity index (χ0) is 16.1. The Morgan fingerprint density at radius 3 is 2.68 bits per heavy atom. The SMILES string of the molecule is CCNC(=NCC1(C)CCCCC1O)NCC1(C)CCCS1. The van der Waals surface area contributed by atoms with Crippen LogP contribution in [-0.2, 0) is 0 Å². The molecule has 3 N–H and O–H groups in total. The molecule has 0 spiro atoms. The van der Waals surface area contributed by atoms with Crippen LogP contribution in [0.1, 0.15) is 59.3 Å². The molecule has 2 fully saturated rings. The van der Waals surface area contributed by atoms with Crippen LogP contribution in [0.25, 0.3) is 0 Å². The Kier molecular flexibility index (Phi) is 6.45. The summed E-state index contributed by atoms with van der Waals surface area (Å²) in [6.45, 7) is 9.15. The highest BCUT2D eigenvalue weighted by atomic mass is 32.2. The smallest absolute Gasteiger partial charge is 0.191 e. The number of thioether (sulfide) groups is 1. The van der Waals surface area contributed by atoms with Crippen LogP contribution >= 0.6 is 11.8 Å². The van der Waals surface area contributed by atoms with Crippen molar-refractivity contribution < 1.29 is 5.11 Å². The van der Waals surface area contributed by atoms with Crippen molar-refractivity contribution in [3.63, 3.8) is 0 Å². The summed E-state index contributed by atoms with van der Waals surface area (Å²) < 4.78 is 0.338. The maximum absolute atomic E-state index is 10.3. The summed E-state index contributed by atoms with van der Waals surface area (Å²) in [6.07, 6.45) is 6.74. The molecule has 1 aliphatic heterocycles. The first-order chi connectivity index (χ1) is 10.5. The number of nitrogens with one attached hydrogen (secondary N) is 2. The van der Waals surface area contributed by atoms with Crippen molar-refractivity contribution in [2.24, 2.45) is 10.4 Å². The van der Waals surface area contributed by atoms with Gasteiger partial charge in [-0.1, -0.05) is 19.8 Å². The van der Waals surface area contributed by atoms with E-state index in [1.54, 1.807) is 0 Å².